The second-order valence-electron chi connectivity index (χ2n) is 5.28. The molecule has 0 atom stereocenters. The molecule has 0 saturated carbocycles. The number of fused-ring (bicyclic) bond motifs is 1. The Kier molecular flexibility index (Phi) is 4.32. The molecular weight excluding hydrogens is 326 g/mol. The maximum atomic E-state index is 12.8. The molecule has 1 aliphatic carbocycles. The van der Waals surface area contributed by atoms with Gasteiger partial charge in [0.2, 0.25) is 11.6 Å². The third-order valence-corrected chi connectivity index (χ3v) is 4.24. The zero-order chi connectivity index (χ0) is 17.3. The normalized spacial score (nSPS) is 13.8. The maximum absolute atomic E-state index is 12.8. The highest BCUT2D eigenvalue weighted by Gasteiger charge is 2.36. The van der Waals surface area contributed by atoms with Gasteiger partial charge in [0, 0.05) is 23.2 Å². The van der Waals surface area contributed by atoms with Crippen LogP contribution in [0.5, 0.6) is 0 Å². The van der Waals surface area contributed by atoms with Gasteiger partial charge < -0.3 is 4.90 Å². The highest BCUT2D eigenvalue weighted by atomic mass is 35.5. The Labute approximate surface area is 144 Å². The van der Waals surface area contributed by atoms with Crippen LogP contribution in [-0.4, -0.2) is 28.9 Å². The van der Waals surface area contributed by atoms with Gasteiger partial charge in [-0.3, -0.25) is 14.4 Å². The fourth-order valence-corrected chi connectivity index (χ4v) is 3.00. The molecule has 1 amide bonds. The summed E-state index contributed by atoms with van der Waals surface area (Å²) in [6.45, 7) is 1.96. The van der Waals surface area contributed by atoms with Crippen molar-refractivity contribution < 1.29 is 14.4 Å². The van der Waals surface area contributed by atoms with Crippen molar-refractivity contribution in [3.05, 3.63) is 82.0 Å². The number of allylic oxidation sites excluding steroid dienone is 2. The largest absolute Gasteiger partial charge is 0.304 e. The van der Waals surface area contributed by atoms with E-state index in [1.54, 1.807) is 61.5 Å². The summed E-state index contributed by atoms with van der Waals surface area (Å²) in [5, 5.41) is -0.218. The van der Waals surface area contributed by atoms with E-state index in [1.165, 1.54) is 4.90 Å². The summed E-state index contributed by atoms with van der Waals surface area (Å²) in [4.78, 5) is 39.3. The van der Waals surface area contributed by atoms with Crippen LogP contribution in [0.3, 0.4) is 0 Å². The van der Waals surface area contributed by atoms with Crippen molar-refractivity contribution in [1.82, 2.24) is 4.90 Å². The number of benzene rings is 2. The number of carbonyl (C=O) groups is 3. The summed E-state index contributed by atoms with van der Waals surface area (Å²) in [6.07, 6.45) is 0. The number of nitrogens with zero attached hydrogens (tertiary/aromatic N) is 1. The van der Waals surface area contributed by atoms with Gasteiger partial charge in [-0.1, -0.05) is 54.1 Å². The van der Waals surface area contributed by atoms with E-state index in [2.05, 4.69) is 0 Å². The van der Waals surface area contributed by atoms with E-state index < -0.39 is 11.6 Å². The van der Waals surface area contributed by atoms with Crippen molar-refractivity contribution in [3.8, 4) is 0 Å². The molecule has 0 spiro atoms. The van der Waals surface area contributed by atoms with Crippen LogP contribution < -0.4 is 0 Å². The van der Waals surface area contributed by atoms with Gasteiger partial charge in [-0.2, -0.15) is 0 Å². The van der Waals surface area contributed by atoms with Gasteiger partial charge in [-0.25, -0.2) is 0 Å². The number of rotatable bonds is 3. The minimum atomic E-state index is -0.443. The quantitative estimate of drug-likeness (QED) is 0.857. The Morgan fingerprint density at radius 2 is 1.46 bits per heavy atom. The van der Waals surface area contributed by atoms with Crippen molar-refractivity contribution in [2.24, 2.45) is 0 Å². The molecular formula is C19H14ClNO3. The third kappa shape index (κ3) is 2.55. The molecule has 2 aromatic carbocycles. The van der Waals surface area contributed by atoms with Crippen LogP contribution in [0, 0.1) is 0 Å². The number of halogens is 1. The van der Waals surface area contributed by atoms with Gasteiger partial charge in [-0.15, -0.1) is 0 Å². The van der Waals surface area contributed by atoms with Gasteiger partial charge in [-0.05, 0) is 19.1 Å². The molecule has 0 saturated heterocycles. The van der Waals surface area contributed by atoms with Crippen LogP contribution in [0.2, 0.25) is 0 Å². The molecule has 24 heavy (non-hydrogen) atoms. The number of hydrogen-bond acceptors (Lipinski definition) is 3. The Hall–Kier alpha value is -2.72. The Morgan fingerprint density at radius 3 is 2.04 bits per heavy atom. The van der Waals surface area contributed by atoms with Crippen LogP contribution in [0.4, 0.5) is 0 Å². The molecule has 0 unspecified atom stereocenters. The molecule has 4 nitrogen and oxygen atoms in total. The SMILES string of the molecule is CCN(C(=O)c1ccccc1)C1=C(Cl)C(=O)c2ccccc2C1=O. The standard InChI is InChI=1S/C19H14ClNO3/c1-2-21(19(24)12-8-4-3-5-9-12)16-15(20)17(22)13-10-6-7-11-14(13)18(16)23/h3-11H,2H2,1H3. The first-order valence-electron chi connectivity index (χ1n) is 7.51. The average Bonchev–Trinajstić information content (AvgIpc) is 2.63. The van der Waals surface area contributed by atoms with E-state index >= 15 is 0 Å². The van der Waals surface area contributed by atoms with Gasteiger partial charge >= 0.3 is 0 Å². The van der Waals surface area contributed by atoms with Crippen molar-refractivity contribution >= 4 is 29.1 Å². The highest BCUT2D eigenvalue weighted by Crippen LogP contribution is 2.31. The van der Waals surface area contributed by atoms with E-state index in [0.29, 0.717) is 5.56 Å². The second kappa shape index (κ2) is 6.42. The molecule has 0 aromatic heterocycles. The summed E-state index contributed by atoms with van der Waals surface area (Å²) < 4.78 is 0. The summed E-state index contributed by atoms with van der Waals surface area (Å²) in [6, 6.07) is 15.1. The van der Waals surface area contributed by atoms with Crippen molar-refractivity contribution in [1.29, 1.82) is 0 Å². The van der Waals surface area contributed by atoms with Crippen LogP contribution >= 0.6 is 11.6 Å². The Morgan fingerprint density at radius 1 is 0.917 bits per heavy atom. The molecule has 3 rings (SSSR count). The molecule has 1 aliphatic rings. The molecule has 0 radical (unpaired) electrons. The van der Waals surface area contributed by atoms with Crippen molar-refractivity contribution in [3.63, 3.8) is 0 Å². The number of hydrogen-bond donors (Lipinski definition) is 0. The number of carbonyl (C=O) groups excluding carboxylic acids is 3. The lowest BCUT2D eigenvalue weighted by atomic mass is 9.91. The predicted molar refractivity (Wildman–Crippen MR) is 91.1 cm³/mol. The Balaban J connectivity index is 2.10. The van der Waals surface area contributed by atoms with Crippen LogP contribution in [0.25, 0.3) is 0 Å². The highest BCUT2D eigenvalue weighted by molar-refractivity contribution is 6.50. The maximum Gasteiger partial charge on any atom is 0.258 e. The van der Waals surface area contributed by atoms with Crippen LogP contribution in [0.1, 0.15) is 38.0 Å². The zero-order valence-corrected chi connectivity index (χ0v) is 13.7. The van der Waals surface area contributed by atoms with Crippen LogP contribution in [0.15, 0.2) is 65.3 Å². The minimum Gasteiger partial charge on any atom is -0.304 e. The van der Waals surface area contributed by atoms with E-state index in [9.17, 15) is 14.4 Å². The monoisotopic (exact) mass is 339 g/mol. The number of amides is 1. The lowest BCUT2D eigenvalue weighted by Crippen LogP contribution is -2.37. The molecule has 120 valence electrons. The third-order valence-electron chi connectivity index (χ3n) is 3.89. The summed E-state index contributed by atoms with van der Waals surface area (Å²) in [5.41, 5.74) is 0.896. The molecule has 0 bridgehead atoms. The lowest BCUT2D eigenvalue weighted by molar-refractivity contribution is 0.0771. The first-order valence-corrected chi connectivity index (χ1v) is 7.89. The zero-order valence-electron chi connectivity index (χ0n) is 13.0. The predicted octanol–water partition coefficient (Wildman–Crippen LogP) is 3.68. The van der Waals surface area contributed by atoms with Crippen molar-refractivity contribution in [2.75, 3.05) is 6.54 Å². The molecule has 5 heteroatoms. The summed E-state index contributed by atoms with van der Waals surface area (Å²) in [5.74, 6) is -1.23. The summed E-state index contributed by atoms with van der Waals surface area (Å²) >= 11 is 6.18. The smallest absolute Gasteiger partial charge is 0.258 e. The fraction of sp³-hybridized carbons (Fsp3) is 0.105. The molecule has 0 N–H and O–H groups in total. The molecule has 2 aromatic rings. The summed E-state index contributed by atoms with van der Waals surface area (Å²) in [7, 11) is 0. The van der Waals surface area contributed by atoms with Gasteiger partial charge in [0.15, 0.2) is 0 Å². The van der Waals surface area contributed by atoms with E-state index in [4.69, 9.17) is 11.6 Å². The van der Waals surface area contributed by atoms with E-state index in [-0.39, 0.29) is 34.3 Å². The first-order chi connectivity index (χ1) is 11.6. The van der Waals surface area contributed by atoms with E-state index in [0.717, 1.165) is 0 Å². The van der Waals surface area contributed by atoms with Crippen LogP contribution in [-0.2, 0) is 0 Å². The first kappa shape index (κ1) is 16.1. The average molecular weight is 340 g/mol. The van der Waals surface area contributed by atoms with E-state index in [1.807, 2.05) is 0 Å². The van der Waals surface area contributed by atoms with Gasteiger partial charge in [0.05, 0.1) is 0 Å². The topological polar surface area (TPSA) is 54.5 Å². The lowest BCUT2D eigenvalue weighted by Gasteiger charge is -2.27. The van der Waals surface area contributed by atoms with Crippen molar-refractivity contribution in [2.45, 2.75) is 6.92 Å². The molecule has 0 heterocycles. The number of ketones is 2. The molecule has 0 aliphatic heterocycles. The number of likely N-dealkylation sites (N-methyl/N-ethyl adjacent to an activating group) is 1. The Bertz CT molecular complexity index is 871. The van der Waals surface area contributed by atoms with Gasteiger partial charge in [0.25, 0.3) is 5.91 Å². The fourth-order valence-electron chi connectivity index (χ4n) is 2.71. The number of Topliss-reactive ketones (excluding diaryl/α,β-unsaturated/α-hetero) is 2. The van der Waals surface area contributed by atoms with Gasteiger partial charge in [0.1, 0.15) is 10.7 Å². The molecule has 0 fully saturated rings. The second-order valence-corrected chi connectivity index (χ2v) is 5.66. The minimum absolute atomic E-state index is 0.0586.